The smallest absolute Gasteiger partial charge is 0.251 e. The van der Waals surface area contributed by atoms with Crippen LogP contribution in [0.5, 0.6) is 0 Å². The number of rotatable bonds is 5. The number of carbonyl (C=O) groups is 1. The fourth-order valence-electron chi connectivity index (χ4n) is 1.52. The minimum atomic E-state index is -0.862. The van der Waals surface area contributed by atoms with E-state index in [2.05, 4.69) is 5.32 Å². The number of benzene rings is 1. The molecule has 1 amide bonds. The SMILES string of the molecule is CSCC(C)(O)CNC(=O)c1cccc(C)c1. The maximum absolute atomic E-state index is 11.8. The molecule has 0 saturated carbocycles. The van der Waals surface area contributed by atoms with E-state index in [0.29, 0.717) is 11.3 Å². The summed E-state index contributed by atoms with van der Waals surface area (Å²) in [5.41, 5.74) is 0.817. The summed E-state index contributed by atoms with van der Waals surface area (Å²) in [5, 5.41) is 12.7. The molecule has 94 valence electrons. The zero-order valence-corrected chi connectivity index (χ0v) is 11.3. The zero-order chi connectivity index (χ0) is 12.9. The van der Waals surface area contributed by atoms with E-state index in [9.17, 15) is 9.90 Å². The summed E-state index contributed by atoms with van der Waals surface area (Å²) in [5.74, 6) is 0.455. The number of nitrogens with one attached hydrogen (secondary N) is 1. The first-order valence-corrected chi connectivity index (χ1v) is 6.90. The van der Waals surface area contributed by atoms with Crippen LogP contribution in [0.1, 0.15) is 22.8 Å². The molecular weight excluding hydrogens is 234 g/mol. The number of carbonyl (C=O) groups excluding carboxylic acids is 1. The van der Waals surface area contributed by atoms with Gasteiger partial charge >= 0.3 is 0 Å². The molecule has 0 spiro atoms. The van der Waals surface area contributed by atoms with Crippen molar-refractivity contribution in [2.24, 2.45) is 0 Å². The first-order valence-electron chi connectivity index (χ1n) is 5.51. The van der Waals surface area contributed by atoms with Crippen LogP contribution >= 0.6 is 11.8 Å². The Bertz CT molecular complexity index is 391. The number of hydrogen-bond acceptors (Lipinski definition) is 3. The molecule has 1 aromatic rings. The van der Waals surface area contributed by atoms with Gasteiger partial charge in [-0.3, -0.25) is 4.79 Å². The van der Waals surface area contributed by atoms with Gasteiger partial charge in [0.05, 0.1) is 5.60 Å². The van der Waals surface area contributed by atoms with Gasteiger partial charge in [0.2, 0.25) is 0 Å². The summed E-state index contributed by atoms with van der Waals surface area (Å²) in [6.45, 7) is 3.93. The van der Waals surface area contributed by atoms with Crippen molar-refractivity contribution in [3.05, 3.63) is 35.4 Å². The van der Waals surface area contributed by atoms with Crippen molar-refractivity contribution in [1.29, 1.82) is 0 Å². The van der Waals surface area contributed by atoms with Gasteiger partial charge in [0.25, 0.3) is 5.91 Å². The number of aryl methyl sites for hydroxylation is 1. The minimum absolute atomic E-state index is 0.143. The van der Waals surface area contributed by atoms with Gasteiger partial charge in [-0.05, 0) is 32.2 Å². The minimum Gasteiger partial charge on any atom is -0.387 e. The lowest BCUT2D eigenvalue weighted by molar-refractivity contribution is 0.0725. The van der Waals surface area contributed by atoms with E-state index in [1.54, 1.807) is 24.8 Å². The van der Waals surface area contributed by atoms with E-state index in [0.717, 1.165) is 5.56 Å². The Balaban J connectivity index is 2.56. The molecule has 0 aliphatic carbocycles. The maximum atomic E-state index is 11.8. The topological polar surface area (TPSA) is 49.3 Å². The number of aliphatic hydroxyl groups is 1. The van der Waals surface area contributed by atoms with Crippen molar-refractivity contribution in [3.8, 4) is 0 Å². The van der Waals surface area contributed by atoms with Crippen LogP contribution in [-0.4, -0.2) is 35.2 Å². The summed E-state index contributed by atoms with van der Waals surface area (Å²) in [6.07, 6.45) is 1.93. The predicted octanol–water partition coefficient (Wildman–Crippen LogP) is 1.84. The van der Waals surface area contributed by atoms with Crippen LogP contribution in [0.4, 0.5) is 0 Å². The fraction of sp³-hybridized carbons (Fsp3) is 0.462. The van der Waals surface area contributed by atoms with E-state index < -0.39 is 5.60 Å². The second kappa shape index (κ2) is 6.07. The average Bonchev–Trinajstić information content (AvgIpc) is 2.26. The highest BCUT2D eigenvalue weighted by Gasteiger charge is 2.20. The van der Waals surface area contributed by atoms with Gasteiger partial charge in [0.15, 0.2) is 0 Å². The van der Waals surface area contributed by atoms with Crippen LogP contribution in [0.3, 0.4) is 0 Å². The van der Waals surface area contributed by atoms with Gasteiger partial charge in [-0.15, -0.1) is 0 Å². The van der Waals surface area contributed by atoms with E-state index in [-0.39, 0.29) is 12.5 Å². The molecule has 2 N–H and O–H groups in total. The van der Waals surface area contributed by atoms with Crippen LogP contribution in [0.2, 0.25) is 0 Å². The second-order valence-corrected chi connectivity index (χ2v) is 5.35. The highest BCUT2D eigenvalue weighted by Crippen LogP contribution is 2.10. The van der Waals surface area contributed by atoms with Crippen molar-refractivity contribution in [2.45, 2.75) is 19.4 Å². The third-order valence-corrected chi connectivity index (χ3v) is 3.28. The molecule has 0 aliphatic rings. The molecule has 0 radical (unpaired) electrons. The van der Waals surface area contributed by atoms with Crippen molar-refractivity contribution in [2.75, 3.05) is 18.6 Å². The highest BCUT2D eigenvalue weighted by molar-refractivity contribution is 7.98. The molecule has 1 rings (SSSR count). The van der Waals surface area contributed by atoms with Gasteiger partial charge in [-0.1, -0.05) is 17.7 Å². The average molecular weight is 253 g/mol. The Kier molecular flexibility index (Phi) is 5.02. The van der Waals surface area contributed by atoms with Crippen LogP contribution in [-0.2, 0) is 0 Å². The Morgan fingerprint density at radius 1 is 1.53 bits per heavy atom. The van der Waals surface area contributed by atoms with Crippen LogP contribution in [0.15, 0.2) is 24.3 Å². The lowest BCUT2D eigenvalue weighted by Crippen LogP contribution is -2.42. The molecular formula is C13H19NO2S. The lowest BCUT2D eigenvalue weighted by atomic mass is 10.1. The predicted molar refractivity (Wildman–Crippen MR) is 72.5 cm³/mol. The third-order valence-electron chi connectivity index (χ3n) is 2.37. The van der Waals surface area contributed by atoms with Crippen LogP contribution < -0.4 is 5.32 Å². The number of thioether (sulfide) groups is 1. The Morgan fingerprint density at radius 3 is 2.82 bits per heavy atom. The molecule has 0 fully saturated rings. The molecule has 0 aliphatic heterocycles. The summed E-state index contributed by atoms with van der Waals surface area (Å²) < 4.78 is 0. The quantitative estimate of drug-likeness (QED) is 0.842. The van der Waals surface area contributed by atoms with Gasteiger partial charge in [-0.25, -0.2) is 0 Å². The van der Waals surface area contributed by atoms with Crippen LogP contribution in [0.25, 0.3) is 0 Å². The molecule has 0 saturated heterocycles. The van der Waals surface area contributed by atoms with Gasteiger partial charge in [-0.2, -0.15) is 11.8 Å². The second-order valence-electron chi connectivity index (χ2n) is 4.48. The normalized spacial score (nSPS) is 14.1. The molecule has 4 heteroatoms. The van der Waals surface area contributed by atoms with E-state index in [1.165, 1.54) is 0 Å². The molecule has 0 aromatic heterocycles. The van der Waals surface area contributed by atoms with Crippen molar-refractivity contribution < 1.29 is 9.90 Å². The van der Waals surface area contributed by atoms with E-state index >= 15 is 0 Å². The highest BCUT2D eigenvalue weighted by atomic mass is 32.2. The van der Waals surface area contributed by atoms with Gasteiger partial charge < -0.3 is 10.4 Å². The Labute approximate surface area is 107 Å². The molecule has 1 atom stereocenters. The third kappa shape index (κ3) is 4.79. The van der Waals surface area contributed by atoms with Crippen molar-refractivity contribution in [1.82, 2.24) is 5.32 Å². The summed E-state index contributed by atoms with van der Waals surface area (Å²) >= 11 is 1.56. The molecule has 3 nitrogen and oxygen atoms in total. The van der Waals surface area contributed by atoms with E-state index in [4.69, 9.17) is 0 Å². The van der Waals surface area contributed by atoms with Crippen molar-refractivity contribution in [3.63, 3.8) is 0 Å². The molecule has 17 heavy (non-hydrogen) atoms. The zero-order valence-electron chi connectivity index (χ0n) is 10.5. The van der Waals surface area contributed by atoms with Crippen molar-refractivity contribution >= 4 is 17.7 Å². The molecule has 0 heterocycles. The Hall–Kier alpha value is -1.00. The molecule has 0 bridgehead atoms. The number of hydrogen-bond donors (Lipinski definition) is 2. The first-order chi connectivity index (χ1) is 7.94. The fourth-order valence-corrected chi connectivity index (χ4v) is 2.25. The lowest BCUT2D eigenvalue weighted by Gasteiger charge is -2.22. The standard InChI is InChI=1S/C13H19NO2S/c1-10-5-4-6-11(7-10)12(15)14-8-13(2,16)9-17-3/h4-7,16H,8-9H2,1-3H3,(H,14,15). The molecule has 1 aromatic carbocycles. The molecule has 1 unspecified atom stereocenters. The Morgan fingerprint density at radius 2 is 2.24 bits per heavy atom. The summed E-state index contributed by atoms with van der Waals surface area (Å²) in [7, 11) is 0. The van der Waals surface area contributed by atoms with Gasteiger partial charge in [0.1, 0.15) is 0 Å². The summed E-state index contributed by atoms with van der Waals surface area (Å²) in [4.78, 5) is 11.8. The largest absolute Gasteiger partial charge is 0.387 e. The monoisotopic (exact) mass is 253 g/mol. The summed E-state index contributed by atoms with van der Waals surface area (Å²) in [6, 6.07) is 7.40. The van der Waals surface area contributed by atoms with Gasteiger partial charge in [0, 0.05) is 17.9 Å². The number of amides is 1. The van der Waals surface area contributed by atoms with E-state index in [1.807, 2.05) is 31.4 Å². The first kappa shape index (κ1) is 14.1. The maximum Gasteiger partial charge on any atom is 0.251 e. The van der Waals surface area contributed by atoms with Crippen LogP contribution in [0, 0.1) is 6.92 Å².